The molecule has 0 atom stereocenters. The monoisotopic (exact) mass is 359 g/mol. The molecule has 3 amide bonds. The van der Waals surface area contributed by atoms with E-state index in [4.69, 9.17) is 20.4 Å². The van der Waals surface area contributed by atoms with Crippen molar-refractivity contribution < 1.29 is 18.4 Å². The predicted octanol–water partition coefficient (Wildman–Crippen LogP) is 4.10. The number of rotatable bonds is 5. The first-order chi connectivity index (χ1) is 12.1. The minimum atomic E-state index is -0.413. The number of amides is 3. The number of carbonyl (C=O) groups is 2. The zero-order valence-corrected chi connectivity index (χ0v) is 13.7. The highest BCUT2D eigenvalue weighted by Crippen LogP contribution is 2.17. The Balaban J connectivity index is 1.51. The van der Waals surface area contributed by atoms with Gasteiger partial charge in [0.1, 0.15) is 5.76 Å². The lowest BCUT2D eigenvalue weighted by Crippen LogP contribution is -2.27. The van der Waals surface area contributed by atoms with Crippen molar-refractivity contribution >= 4 is 34.9 Å². The molecule has 0 fully saturated rings. The largest absolute Gasteiger partial charge is 0.467 e. The number of hydrogen-bond donors (Lipinski definition) is 3. The molecule has 3 rings (SSSR count). The van der Waals surface area contributed by atoms with Crippen LogP contribution in [0.3, 0.4) is 0 Å². The molecule has 0 spiro atoms. The van der Waals surface area contributed by atoms with Gasteiger partial charge in [-0.2, -0.15) is 0 Å². The lowest BCUT2D eigenvalue weighted by Gasteiger charge is -2.08. The third-order valence-electron chi connectivity index (χ3n) is 3.20. The Bertz CT molecular complexity index is 856. The van der Waals surface area contributed by atoms with Crippen LogP contribution in [-0.2, 0) is 6.54 Å². The Kier molecular flexibility index (Phi) is 5.06. The van der Waals surface area contributed by atoms with E-state index in [1.807, 2.05) is 0 Å². The summed E-state index contributed by atoms with van der Waals surface area (Å²) in [4.78, 5) is 23.7. The van der Waals surface area contributed by atoms with Crippen molar-refractivity contribution in [2.75, 3.05) is 10.6 Å². The molecule has 0 saturated carbocycles. The topological polar surface area (TPSA) is 96.5 Å². The van der Waals surface area contributed by atoms with Crippen LogP contribution in [0.2, 0.25) is 5.22 Å². The number of carbonyl (C=O) groups excluding carboxylic acids is 2. The molecule has 7 nitrogen and oxygen atoms in total. The summed E-state index contributed by atoms with van der Waals surface area (Å²) in [7, 11) is 0. The van der Waals surface area contributed by atoms with E-state index in [0.29, 0.717) is 23.7 Å². The zero-order chi connectivity index (χ0) is 17.6. The molecule has 0 bridgehead atoms. The normalized spacial score (nSPS) is 10.3. The van der Waals surface area contributed by atoms with Gasteiger partial charge in [0.25, 0.3) is 5.91 Å². The average Bonchev–Trinajstić information content (AvgIpc) is 3.26. The van der Waals surface area contributed by atoms with Crippen molar-refractivity contribution in [2.45, 2.75) is 6.54 Å². The molecule has 0 saturated heterocycles. The maximum Gasteiger partial charge on any atom is 0.319 e. The minimum Gasteiger partial charge on any atom is -0.467 e. The van der Waals surface area contributed by atoms with Crippen molar-refractivity contribution in [2.24, 2.45) is 0 Å². The number of urea groups is 1. The minimum absolute atomic E-state index is 0.115. The number of anilines is 2. The highest BCUT2D eigenvalue weighted by atomic mass is 35.5. The van der Waals surface area contributed by atoms with E-state index in [1.165, 1.54) is 12.1 Å². The predicted molar refractivity (Wildman–Crippen MR) is 92.7 cm³/mol. The third-order valence-corrected chi connectivity index (χ3v) is 3.40. The molecule has 2 heterocycles. The maximum absolute atomic E-state index is 11.9. The van der Waals surface area contributed by atoms with Crippen LogP contribution in [0.25, 0.3) is 0 Å². The van der Waals surface area contributed by atoms with Crippen LogP contribution in [0.1, 0.15) is 16.3 Å². The van der Waals surface area contributed by atoms with Gasteiger partial charge in [0.2, 0.25) is 0 Å². The third kappa shape index (κ3) is 4.65. The molecular weight excluding hydrogens is 346 g/mol. The van der Waals surface area contributed by atoms with Crippen LogP contribution in [0.5, 0.6) is 0 Å². The van der Waals surface area contributed by atoms with Gasteiger partial charge in [0, 0.05) is 11.4 Å². The van der Waals surface area contributed by atoms with E-state index in [2.05, 4.69) is 16.0 Å². The molecule has 1 aromatic carbocycles. The van der Waals surface area contributed by atoms with Crippen molar-refractivity contribution in [3.8, 4) is 0 Å². The number of furan rings is 2. The summed E-state index contributed by atoms with van der Waals surface area (Å²) in [6.45, 7) is 0.290. The van der Waals surface area contributed by atoms with Gasteiger partial charge in [-0.1, -0.05) is 0 Å². The highest BCUT2D eigenvalue weighted by Gasteiger charge is 2.11. The van der Waals surface area contributed by atoms with Gasteiger partial charge in [-0.15, -0.1) is 0 Å². The molecule has 8 heteroatoms. The van der Waals surface area contributed by atoms with Gasteiger partial charge in [-0.05, 0) is 60.1 Å². The Morgan fingerprint density at radius 2 is 1.68 bits per heavy atom. The number of hydrogen-bond acceptors (Lipinski definition) is 4. The van der Waals surface area contributed by atoms with Crippen LogP contribution >= 0.6 is 11.6 Å². The van der Waals surface area contributed by atoms with Crippen LogP contribution in [-0.4, -0.2) is 11.9 Å². The molecule has 0 aliphatic carbocycles. The number of nitrogens with one attached hydrogen (secondary N) is 3. The van der Waals surface area contributed by atoms with Crippen LogP contribution in [0.4, 0.5) is 16.2 Å². The fraction of sp³-hybridized carbons (Fsp3) is 0.0588. The van der Waals surface area contributed by atoms with E-state index in [9.17, 15) is 9.59 Å². The Morgan fingerprint density at radius 3 is 2.28 bits per heavy atom. The standard InChI is InChI=1S/C17H14ClN3O4/c18-15-8-7-14(25-15)16(22)20-11-3-5-12(6-4-11)21-17(23)19-10-13-2-1-9-24-13/h1-9H,10H2,(H,20,22)(H2,19,21,23). The van der Waals surface area contributed by atoms with Gasteiger partial charge in [0.05, 0.1) is 12.8 Å². The molecule has 25 heavy (non-hydrogen) atoms. The molecule has 0 radical (unpaired) electrons. The van der Waals surface area contributed by atoms with Crippen molar-refractivity contribution in [3.63, 3.8) is 0 Å². The second kappa shape index (κ2) is 7.59. The van der Waals surface area contributed by atoms with E-state index < -0.39 is 5.91 Å². The maximum atomic E-state index is 11.9. The SMILES string of the molecule is O=C(NCc1ccco1)Nc1ccc(NC(=O)c2ccc(Cl)o2)cc1. The summed E-state index contributed by atoms with van der Waals surface area (Å²) >= 11 is 5.64. The smallest absolute Gasteiger partial charge is 0.319 e. The number of halogens is 1. The molecular formula is C17H14ClN3O4. The summed E-state index contributed by atoms with van der Waals surface area (Å²) in [5, 5.41) is 8.15. The Hall–Kier alpha value is -3.19. The van der Waals surface area contributed by atoms with E-state index in [-0.39, 0.29) is 17.0 Å². The van der Waals surface area contributed by atoms with Crippen LogP contribution in [0, 0.1) is 0 Å². The Labute approximate surface area is 148 Å². The average molecular weight is 360 g/mol. The lowest BCUT2D eigenvalue weighted by atomic mass is 10.2. The fourth-order valence-electron chi connectivity index (χ4n) is 2.02. The van der Waals surface area contributed by atoms with Gasteiger partial charge in [-0.25, -0.2) is 4.79 Å². The summed E-state index contributed by atoms with van der Waals surface area (Å²) in [6, 6.07) is 12.8. The summed E-state index contributed by atoms with van der Waals surface area (Å²) in [5.74, 6) is 0.361. The molecule has 3 aromatic rings. The molecule has 0 aliphatic rings. The summed E-state index contributed by atoms with van der Waals surface area (Å²) in [5.41, 5.74) is 1.13. The Morgan fingerprint density at radius 1 is 0.960 bits per heavy atom. The van der Waals surface area contributed by atoms with Crippen LogP contribution < -0.4 is 16.0 Å². The summed E-state index contributed by atoms with van der Waals surface area (Å²) in [6.07, 6.45) is 1.54. The zero-order valence-electron chi connectivity index (χ0n) is 12.9. The first-order valence-corrected chi connectivity index (χ1v) is 7.72. The summed E-state index contributed by atoms with van der Waals surface area (Å²) < 4.78 is 10.2. The van der Waals surface area contributed by atoms with E-state index >= 15 is 0 Å². The van der Waals surface area contributed by atoms with E-state index in [0.717, 1.165) is 0 Å². The first kappa shape index (κ1) is 16.7. The lowest BCUT2D eigenvalue weighted by molar-refractivity contribution is 0.0996. The number of benzene rings is 1. The fourth-order valence-corrected chi connectivity index (χ4v) is 2.17. The molecule has 3 N–H and O–H groups in total. The molecule has 0 aliphatic heterocycles. The van der Waals surface area contributed by atoms with Crippen molar-refractivity contribution in [1.29, 1.82) is 0 Å². The molecule has 2 aromatic heterocycles. The van der Waals surface area contributed by atoms with E-state index in [1.54, 1.807) is 42.7 Å². The first-order valence-electron chi connectivity index (χ1n) is 7.34. The van der Waals surface area contributed by atoms with Gasteiger partial charge in [-0.3, -0.25) is 4.79 Å². The van der Waals surface area contributed by atoms with Gasteiger partial charge in [0.15, 0.2) is 11.0 Å². The van der Waals surface area contributed by atoms with Gasteiger partial charge < -0.3 is 24.8 Å². The molecule has 0 unspecified atom stereocenters. The molecule has 128 valence electrons. The second-order valence-electron chi connectivity index (χ2n) is 5.02. The van der Waals surface area contributed by atoms with Gasteiger partial charge >= 0.3 is 6.03 Å². The highest BCUT2D eigenvalue weighted by molar-refractivity contribution is 6.29. The quantitative estimate of drug-likeness (QED) is 0.639. The van der Waals surface area contributed by atoms with Crippen molar-refractivity contribution in [3.05, 3.63) is 71.5 Å². The second-order valence-corrected chi connectivity index (χ2v) is 5.39. The van der Waals surface area contributed by atoms with Crippen LogP contribution in [0.15, 0.2) is 63.6 Å². The van der Waals surface area contributed by atoms with Crippen molar-refractivity contribution in [1.82, 2.24) is 5.32 Å².